The molecule has 0 unspecified atom stereocenters. The zero-order chi connectivity index (χ0) is 22.4. The van der Waals surface area contributed by atoms with Crippen molar-refractivity contribution in [1.29, 1.82) is 0 Å². The van der Waals surface area contributed by atoms with Gasteiger partial charge in [0, 0.05) is 17.7 Å². The molecule has 0 saturated carbocycles. The molecule has 0 bridgehead atoms. The molecule has 2 aromatic carbocycles. The van der Waals surface area contributed by atoms with Crippen LogP contribution in [0.2, 0.25) is 0 Å². The third-order valence-corrected chi connectivity index (χ3v) is 5.62. The molecule has 1 amide bonds. The van der Waals surface area contributed by atoms with E-state index in [9.17, 15) is 13.2 Å². The number of fused-ring (bicyclic) bond motifs is 1. The van der Waals surface area contributed by atoms with Crippen molar-refractivity contribution in [1.82, 2.24) is 14.9 Å². The number of hydrogen-bond acceptors (Lipinski definition) is 7. The lowest BCUT2D eigenvalue weighted by molar-refractivity contribution is -0.114. The van der Waals surface area contributed by atoms with Gasteiger partial charge in [-0.05, 0) is 48.0 Å². The van der Waals surface area contributed by atoms with Crippen molar-refractivity contribution < 1.29 is 22.5 Å². The summed E-state index contributed by atoms with van der Waals surface area (Å²) in [5.41, 5.74) is 2.25. The monoisotopic (exact) mass is 449 g/mol. The van der Waals surface area contributed by atoms with Crippen LogP contribution in [0.25, 0.3) is 17.0 Å². The van der Waals surface area contributed by atoms with Crippen LogP contribution in [0, 0.1) is 0 Å². The van der Waals surface area contributed by atoms with Crippen LogP contribution in [0.4, 0.5) is 0 Å². The van der Waals surface area contributed by atoms with Crippen molar-refractivity contribution in [2.45, 2.75) is 12.4 Å². The molecular formula is C23H19N3O5S. The van der Waals surface area contributed by atoms with Gasteiger partial charge >= 0.3 is 0 Å². The lowest BCUT2D eigenvalue weighted by Gasteiger charge is -2.06. The van der Waals surface area contributed by atoms with Crippen molar-refractivity contribution in [3.8, 4) is 5.75 Å². The van der Waals surface area contributed by atoms with Gasteiger partial charge in [0.05, 0.1) is 5.69 Å². The SMILES string of the molecule is O=C(C=Cc1ccc(OCc2ccccn2)cc1)NS(=O)(=O)Cc1noc2ccccc12. The third-order valence-electron chi connectivity index (χ3n) is 4.46. The lowest BCUT2D eigenvalue weighted by atomic mass is 10.2. The highest BCUT2D eigenvalue weighted by Gasteiger charge is 2.18. The number of aromatic nitrogens is 2. The van der Waals surface area contributed by atoms with E-state index in [1.807, 2.05) is 22.9 Å². The summed E-state index contributed by atoms with van der Waals surface area (Å²) in [7, 11) is -3.94. The van der Waals surface area contributed by atoms with E-state index in [-0.39, 0.29) is 5.69 Å². The average Bonchev–Trinajstić information content (AvgIpc) is 3.19. The quantitative estimate of drug-likeness (QED) is 0.410. The van der Waals surface area contributed by atoms with Crippen molar-refractivity contribution in [3.63, 3.8) is 0 Å². The van der Waals surface area contributed by atoms with Crippen LogP contribution in [0.15, 0.2) is 83.5 Å². The summed E-state index contributed by atoms with van der Waals surface area (Å²) in [5.74, 6) is -0.570. The van der Waals surface area contributed by atoms with Crippen molar-refractivity contribution in [3.05, 3.63) is 96.0 Å². The molecule has 0 aliphatic rings. The molecule has 0 fully saturated rings. The molecule has 32 heavy (non-hydrogen) atoms. The summed E-state index contributed by atoms with van der Waals surface area (Å²) in [6.45, 7) is 0.344. The molecule has 1 N–H and O–H groups in total. The summed E-state index contributed by atoms with van der Waals surface area (Å²) < 4.78 is 37.4. The standard InChI is InChI=1S/C23H19N3O5S/c27-23(26-32(28,29)16-21-20-6-1-2-7-22(20)31-25-21)13-10-17-8-11-19(12-9-17)30-15-18-5-3-4-14-24-18/h1-14H,15-16H2,(H,26,27). The number of ether oxygens (including phenoxy) is 1. The van der Waals surface area contributed by atoms with E-state index in [2.05, 4.69) is 10.1 Å². The van der Waals surface area contributed by atoms with E-state index < -0.39 is 21.7 Å². The minimum Gasteiger partial charge on any atom is -0.487 e. The Labute approximate surface area is 184 Å². The highest BCUT2D eigenvalue weighted by molar-refractivity contribution is 7.89. The molecule has 0 aliphatic carbocycles. The summed E-state index contributed by atoms with van der Waals surface area (Å²) in [6.07, 6.45) is 4.37. The fourth-order valence-corrected chi connectivity index (χ4v) is 3.95. The van der Waals surface area contributed by atoms with Gasteiger partial charge in [0.2, 0.25) is 10.0 Å². The minimum absolute atomic E-state index is 0.242. The summed E-state index contributed by atoms with van der Waals surface area (Å²) in [6, 6.07) is 19.5. The Hall–Kier alpha value is -3.98. The van der Waals surface area contributed by atoms with Gasteiger partial charge in [-0.1, -0.05) is 35.5 Å². The summed E-state index contributed by atoms with van der Waals surface area (Å²) in [4.78, 5) is 16.3. The van der Waals surface area contributed by atoms with E-state index in [4.69, 9.17) is 9.26 Å². The molecule has 0 aliphatic heterocycles. The topological polar surface area (TPSA) is 111 Å². The first-order valence-electron chi connectivity index (χ1n) is 9.67. The Morgan fingerprint density at radius 1 is 1.03 bits per heavy atom. The van der Waals surface area contributed by atoms with Crippen LogP contribution in [0.5, 0.6) is 5.75 Å². The third kappa shape index (κ3) is 5.58. The van der Waals surface area contributed by atoms with Crippen molar-refractivity contribution in [2.75, 3.05) is 0 Å². The van der Waals surface area contributed by atoms with E-state index >= 15 is 0 Å². The number of hydrogen-bond donors (Lipinski definition) is 1. The fraction of sp³-hybridized carbons (Fsp3) is 0.0870. The molecule has 0 saturated heterocycles. The Morgan fingerprint density at radius 2 is 1.81 bits per heavy atom. The lowest BCUT2D eigenvalue weighted by Crippen LogP contribution is -2.30. The van der Waals surface area contributed by atoms with E-state index in [1.54, 1.807) is 54.7 Å². The largest absolute Gasteiger partial charge is 0.487 e. The smallest absolute Gasteiger partial charge is 0.257 e. The Morgan fingerprint density at radius 3 is 2.59 bits per heavy atom. The van der Waals surface area contributed by atoms with Gasteiger partial charge in [-0.2, -0.15) is 0 Å². The van der Waals surface area contributed by atoms with Crippen molar-refractivity contribution >= 4 is 33.0 Å². The minimum atomic E-state index is -3.94. The average molecular weight is 449 g/mol. The predicted octanol–water partition coefficient (Wildman–Crippen LogP) is 3.46. The van der Waals surface area contributed by atoms with Crippen LogP contribution in [0.1, 0.15) is 17.0 Å². The highest BCUT2D eigenvalue weighted by Crippen LogP contribution is 2.19. The molecule has 0 radical (unpaired) electrons. The number of nitrogens with one attached hydrogen (secondary N) is 1. The fourth-order valence-electron chi connectivity index (χ4n) is 2.93. The predicted molar refractivity (Wildman–Crippen MR) is 119 cm³/mol. The highest BCUT2D eigenvalue weighted by atomic mass is 32.2. The first-order chi connectivity index (χ1) is 15.5. The zero-order valence-corrected chi connectivity index (χ0v) is 17.7. The maximum Gasteiger partial charge on any atom is 0.257 e. The number of carbonyl (C=O) groups excluding carboxylic acids is 1. The summed E-state index contributed by atoms with van der Waals surface area (Å²) in [5, 5.41) is 4.37. The van der Waals surface area contributed by atoms with Crippen LogP contribution in [-0.4, -0.2) is 24.5 Å². The van der Waals surface area contributed by atoms with Gasteiger partial charge in [0.15, 0.2) is 5.58 Å². The van der Waals surface area contributed by atoms with Gasteiger partial charge in [0.1, 0.15) is 23.8 Å². The maximum atomic E-state index is 12.3. The van der Waals surface area contributed by atoms with E-state index in [0.29, 0.717) is 28.9 Å². The number of rotatable bonds is 8. The Bertz CT molecular complexity index is 1350. The van der Waals surface area contributed by atoms with E-state index in [1.165, 1.54) is 6.08 Å². The number of nitrogens with zero attached hydrogens (tertiary/aromatic N) is 2. The first-order valence-corrected chi connectivity index (χ1v) is 11.3. The molecule has 4 rings (SSSR count). The number of carbonyl (C=O) groups is 1. The number of benzene rings is 2. The number of para-hydroxylation sites is 1. The van der Waals surface area contributed by atoms with Gasteiger partial charge in [0.25, 0.3) is 5.91 Å². The second-order valence-electron chi connectivity index (χ2n) is 6.86. The van der Waals surface area contributed by atoms with Crippen LogP contribution >= 0.6 is 0 Å². The van der Waals surface area contributed by atoms with Crippen molar-refractivity contribution in [2.24, 2.45) is 0 Å². The van der Waals surface area contributed by atoms with E-state index in [0.717, 1.165) is 11.8 Å². The normalized spacial score (nSPS) is 11.6. The molecule has 0 atom stereocenters. The molecule has 162 valence electrons. The molecule has 4 aromatic rings. The molecular weight excluding hydrogens is 430 g/mol. The second kappa shape index (κ2) is 9.44. The molecule has 0 spiro atoms. The Balaban J connectivity index is 1.32. The number of pyridine rings is 1. The number of sulfonamides is 1. The molecule has 8 nitrogen and oxygen atoms in total. The molecule has 2 heterocycles. The van der Waals surface area contributed by atoms with Gasteiger partial charge in [-0.15, -0.1) is 0 Å². The maximum absolute atomic E-state index is 12.3. The molecule has 9 heteroatoms. The zero-order valence-electron chi connectivity index (χ0n) is 16.8. The Kier molecular flexibility index (Phi) is 6.27. The van der Waals surface area contributed by atoms with Gasteiger partial charge in [-0.3, -0.25) is 9.78 Å². The van der Waals surface area contributed by atoms with Gasteiger partial charge < -0.3 is 9.26 Å². The van der Waals surface area contributed by atoms with Crippen LogP contribution in [-0.2, 0) is 27.2 Å². The van der Waals surface area contributed by atoms with Crippen LogP contribution in [0.3, 0.4) is 0 Å². The number of amides is 1. The van der Waals surface area contributed by atoms with Gasteiger partial charge in [-0.25, -0.2) is 13.1 Å². The first kappa shape index (κ1) is 21.3. The second-order valence-corrected chi connectivity index (χ2v) is 8.59. The summed E-state index contributed by atoms with van der Waals surface area (Å²) >= 11 is 0. The van der Waals surface area contributed by atoms with Crippen LogP contribution < -0.4 is 9.46 Å². The molecule has 2 aromatic heterocycles.